The lowest BCUT2D eigenvalue weighted by Gasteiger charge is -2.47. The molecule has 108 valence electrons. The fraction of sp³-hybridized carbons (Fsp3) is 0.600. The van der Waals surface area contributed by atoms with Crippen molar-refractivity contribution in [2.45, 2.75) is 50.2 Å². The number of hydrogen-bond acceptors (Lipinski definition) is 4. The zero-order valence-electron chi connectivity index (χ0n) is 11.9. The molecule has 0 spiro atoms. The van der Waals surface area contributed by atoms with Gasteiger partial charge >= 0.3 is 0 Å². The second-order valence-electron chi connectivity index (χ2n) is 5.98. The van der Waals surface area contributed by atoms with E-state index in [9.17, 15) is 0 Å². The molecule has 2 aliphatic rings. The van der Waals surface area contributed by atoms with E-state index >= 15 is 0 Å². The van der Waals surface area contributed by atoms with Crippen molar-refractivity contribution in [2.75, 3.05) is 12.4 Å². The van der Waals surface area contributed by atoms with Gasteiger partial charge in [-0.25, -0.2) is 4.98 Å². The Bertz CT molecular complexity index is 490. The largest absolute Gasteiger partial charge is 0.389 e. The number of thiocarbonyl (C=S) groups is 1. The summed E-state index contributed by atoms with van der Waals surface area (Å²) in [5.74, 6) is 0.840. The summed E-state index contributed by atoms with van der Waals surface area (Å²) < 4.78 is 0. The van der Waals surface area contributed by atoms with Crippen LogP contribution in [0.4, 0.5) is 5.82 Å². The number of fused-ring (bicyclic) bond motifs is 2. The van der Waals surface area contributed by atoms with E-state index in [0.29, 0.717) is 23.1 Å². The molecule has 0 saturated carbocycles. The first-order chi connectivity index (χ1) is 9.65. The minimum absolute atomic E-state index is 0.411. The van der Waals surface area contributed by atoms with Crippen LogP contribution in [0.5, 0.6) is 0 Å². The van der Waals surface area contributed by atoms with Crippen LogP contribution in [-0.4, -0.2) is 40.0 Å². The molecule has 2 atom stereocenters. The molecule has 2 saturated heterocycles. The molecule has 1 aromatic rings. The summed E-state index contributed by atoms with van der Waals surface area (Å²) in [7, 11) is 2.27. The third kappa shape index (κ3) is 2.65. The average molecular weight is 290 g/mol. The molecule has 3 heterocycles. The highest BCUT2D eigenvalue weighted by Crippen LogP contribution is 2.33. The highest BCUT2D eigenvalue weighted by atomic mass is 32.1. The fourth-order valence-electron chi connectivity index (χ4n) is 3.65. The Balaban J connectivity index is 1.74. The third-order valence-corrected chi connectivity index (χ3v) is 4.97. The zero-order chi connectivity index (χ0) is 14.1. The Morgan fingerprint density at radius 1 is 1.40 bits per heavy atom. The van der Waals surface area contributed by atoms with E-state index in [-0.39, 0.29) is 0 Å². The maximum absolute atomic E-state index is 5.78. The van der Waals surface area contributed by atoms with Crippen LogP contribution >= 0.6 is 12.2 Å². The Morgan fingerprint density at radius 3 is 2.75 bits per heavy atom. The highest BCUT2D eigenvalue weighted by molar-refractivity contribution is 7.80. The lowest BCUT2D eigenvalue weighted by atomic mass is 9.82. The van der Waals surface area contributed by atoms with Crippen LogP contribution in [-0.2, 0) is 0 Å². The molecule has 2 unspecified atom stereocenters. The number of pyridine rings is 1. The lowest BCUT2D eigenvalue weighted by Crippen LogP contribution is -2.53. The van der Waals surface area contributed by atoms with Gasteiger partial charge in [0.25, 0.3) is 0 Å². The van der Waals surface area contributed by atoms with Crippen molar-refractivity contribution in [2.24, 2.45) is 5.73 Å². The molecule has 2 bridgehead atoms. The monoisotopic (exact) mass is 290 g/mol. The number of hydrogen-bond donors (Lipinski definition) is 2. The van der Waals surface area contributed by atoms with Crippen molar-refractivity contribution >= 4 is 23.0 Å². The van der Waals surface area contributed by atoms with Gasteiger partial charge in [0.05, 0.1) is 5.56 Å². The van der Waals surface area contributed by atoms with Gasteiger partial charge in [-0.1, -0.05) is 18.6 Å². The van der Waals surface area contributed by atoms with E-state index < -0.39 is 0 Å². The van der Waals surface area contributed by atoms with Crippen molar-refractivity contribution < 1.29 is 0 Å². The summed E-state index contributed by atoms with van der Waals surface area (Å²) in [4.78, 5) is 7.39. The SMILES string of the molecule is CN1C2CCCC1CC(Nc1ncccc1C(N)=S)C2. The molecule has 0 aromatic carbocycles. The quantitative estimate of drug-likeness (QED) is 0.835. The molecule has 4 nitrogen and oxygen atoms in total. The van der Waals surface area contributed by atoms with Gasteiger partial charge < -0.3 is 16.0 Å². The van der Waals surface area contributed by atoms with Gasteiger partial charge in [-0.3, -0.25) is 0 Å². The van der Waals surface area contributed by atoms with Gasteiger partial charge in [0.15, 0.2) is 0 Å². The van der Waals surface area contributed by atoms with Gasteiger partial charge in [-0.15, -0.1) is 0 Å². The van der Waals surface area contributed by atoms with Crippen LogP contribution in [0, 0.1) is 0 Å². The number of nitrogens with one attached hydrogen (secondary N) is 1. The van der Waals surface area contributed by atoms with Crippen LogP contribution < -0.4 is 11.1 Å². The van der Waals surface area contributed by atoms with Crippen LogP contribution in [0.3, 0.4) is 0 Å². The number of rotatable bonds is 3. The van der Waals surface area contributed by atoms with E-state index in [1.165, 1.54) is 32.1 Å². The normalized spacial score (nSPS) is 29.9. The standard InChI is InChI=1S/C15H22N4S/c1-19-11-4-2-5-12(19)9-10(8-11)18-15-13(14(16)20)6-3-7-17-15/h3,6-7,10-12H,2,4-5,8-9H2,1H3,(H2,16,20)(H,17,18). The molecule has 0 aliphatic carbocycles. The van der Waals surface area contributed by atoms with Crippen molar-refractivity contribution in [1.82, 2.24) is 9.88 Å². The Kier molecular flexibility index (Phi) is 3.89. The smallest absolute Gasteiger partial charge is 0.136 e. The molecule has 0 amide bonds. The van der Waals surface area contributed by atoms with Crippen molar-refractivity contribution in [3.8, 4) is 0 Å². The molecule has 20 heavy (non-hydrogen) atoms. The van der Waals surface area contributed by atoms with Crippen molar-refractivity contribution in [3.63, 3.8) is 0 Å². The van der Waals surface area contributed by atoms with Gasteiger partial charge in [0.1, 0.15) is 10.8 Å². The second kappa shape index (κ2) is 5.66. The van der Waals surface area contributed by atoms with Gasteiger partial charge in [0.2, 0.25) is 0 Å². The molecule has 2 fully saturated rings. The summed E-state index contributed by atoms with van der Waals surface area (Å²) in [6, 6.07) is 5.70. The predicted molar refractivity (Wildman–Crippen MR) is 86.0 cm³/mol. The first kappa shape index (κ1) is 13.8. The Hall–Kier alpha value is -1.20. The van der Waals surface area contributed by atoms with Crippen LogP contribution in [0.1, 0.15) is 37.7 Å². The first-order valence-electron chi connectivity index (χ1n) is 7.38. The molecule has 3 N–H and O–H groups in total. The number of nitrogens with zero attached hydrogens (tertiary/aromatic N) is 2. The highest BCUT2D eigenvalue weighted by Gasteiger charge is 2.36. The average Bonchev–Trinajstić information content (AvgIpc) is 2.40. The predicted octanol–water partition coefficient (Wildman–Crippen LogP) is 2.14. The lowest BCUT2D eigenvalue weighted by molar-refractivity contribution is 0.0608. The van der Waals surface area contributed by atoms with E-state index in [1.54, 1.807) is 6.20 Å². The van der Waals surface area contributed by atoms with Crippen molar-refractivity contribution in [3.05, 3.63) is 23.9 Å². The molecule has 2 aliphatic heterocycles. The number of nitrogens with two attached hydrogens (primary N) is 1. The van der Waals surface area contributed by atoms with E-state index in [0.717, 1.165) is 11.4 Å². The zero-order valence-corrected chi connectivity index (χ0v) is 12.7. The summed E-state index contributed by atoms with van der Waals surface area (Å²) >= 11 is 5.11. The molecular formula is C15H22N4S. The molecule has 0 radical (unpaired) electrons. The van der Waals surface area contributed by atoms with Crippen LogP contribution in [0.15, 0.2) is 18.3 Å². The van der Waals surface area contributed by atoms with E-state index in [1.807, 2.05) is 12.1 Å². The maximum Gasteiger partial charge on any atom is 0.136 e. The Morgan fingerprint density at radius 2 is 2.10 bits per heavy atom. The van der Waals surface area contributed by atoms with Crippen LogP contribution in [0.2, 0.25) is 0 Å². The van der Waals surface area contributed by atoms with Crippen LogP contribution in [0.25, 0.3) is 0 Å². The minimum Gasteiger partial charge on any atom is -0.389 e. The molecular weight excluding hydrogens is 268 g/mol. The minimum atomic E-state index is 0.411. The van der Waals surface area contributed by atoms with Gasteiger partial charge in [-0.05, 0) is 44.9 Å². The summed E-state index contributed by atoms with van der Waals surface area (Å²) in [6.45, 7) is 0. The second-order valence-corrected chi connectivity index (χ2v) is 6.42. The molecule has 3 rings (SSSR count). The van der Waals surface area contributed by atoms with Crippen molar-refractivity contribution in [1.29, 1.82) is 0 Å². The first-order valence-corrected chi connectivity index (χ1v) is 7.79. The molecule has 1 aromatic heterocycles. The Labute approximate surface area is 125 Å². The number of aromatic nitrogens is 1. The number of piperidine rings is 2. The maximum atomic E-state index is 5.78. The summed E-state index contributed by atoms with van der Waals surface area (Å²) in [6.07, 6.45) is 8.15. The van der Waals surface area contributed by atoms with Gasteiger partial charge in [-0.2, -0.15) is 0 Å². The fourth-order valence-corrected chi connectivity index (χ4v) is 3.81. The third-order valence-electron chi connectivity index (χ3n) is 4.75. The topological polar surface area (TPSA) is 54.2 Å². The summed E-state index contributed by atoms with van der Waals surface area (Å²) in [5.41, 5.74) is 6.63. The number of anilines is 1. The van der Waals surface area contributed by atoms with Gasteiger partial charge in [0, 0.05) is 24.3 Å². The van der Waals surface area contributed by atoms with E-state index in [4.69, 9.17) is 18.0 Å². The van der Waals surface area contributed by atoms with E-state index in [2.05, 4.69) is 22.2 Å². The summed E-state index contributed by atoms with van der Waals surface area (Å²) in [5, 5.41) is 3.57. The molecule has 5 heteroatoms.